The summed E-state index contributed by atoms with van der Waals surface area (Å²) in [6.07, 6.45) is 2.29. The Balaban J connectivity index is 1.28. The number of Topliss-reactive ketones (excluding diaryl/α,β-unsaturated/α-hetero) is 1. The van der Waals surface area contributed by atoms with E-state index in [9.17, 15) is 9.90 Å². The number of aliphatic hydroxyl groups excluding tert-OH is 1. The van der Waals surface area contributed by atoms with Crippen LogP contribution in [0.5, 0.6) is 0 Å². The molecule has 4 saturated heterocycles. The molecule has 33 heavy (non-hydrogen) atoms. The summed E-state index contributed by atoms with van der Waals surface area (Å²) in [5.74, 6) is -1.27. The second-order valence-corrected chi connectivity index (χ2v) is 11.0. The number of ether oxygens (including phenoxy) is 3. The maximum atomic E-state index is 12.9. The molecule has 7 nitrogen and oxygen atoms in total. The predicted octanol–water partition coefficient (Wildman–Crippen LogP) is 2.54. The average molecular weight is 453 g/mol. The highest BCUT2D eigenvalue weighted by Crippen LogP contribution is 2.60. The summed E-state index contributed by atoms with van der Waals surface area (Å²) in [5, 5.41) is 11.0. The molecule has 6 heterocycles. The van der Waals surface area contributed by atoms with Gasteiger partial charge in [0.2, 0.25) is 5.79 Å². The van der Waals surface area contributed by atoms with Crippen molar-refractivity contribution in [3.05, 3.63) is 35.5 Å². The number of carbonyl (C=O) groups excluding carboxylic acids is 1. The Morgan fingerprint density at radius 2 is 2.00 bits per heavy atom. The summed E-state index contributed by atoms with van der Waals surface area (Å²) < 4.78 is 21.2. The van der Waals surface area contributed by atoms with Gasteiger partial charge in [-0.25, -0.2) is 0 Å². The fraction of sp³-hybridized carbons (Fsp3) is 0.654. The van der Waals surface area contributed by atoms with E-state index in [0.717, 1.165) is 12.8 Å². The van der Waals surface area contributed by atoms with Gasteiger partial charge in [0.1, 0.15) is 0 Å². The number of piperidine rings is 1. The minimum absolute atomic E-state index is 0.0542. The monoisotopic (exact) mass is 452 g/mol. The fourth-order valence-electron chi connectivity index (χ4n) is 8.00. The second kappa shape index (κ2) is 6.67. The molecule has 176 valence electrons. The molecule has 1 spiro atoms. The number of aryl methyl sites for hydroxylation is 1. The lowest BCUT2D eigenvalue weighted by atomic mass is 9.63. The first-order chi connectivity index (χ1) is 15.8. The minimum Gasteiger partial charge on any atom is -0.394 e. The number of carbonyl (C=O) groups is 1. The Morgan fingerprint density at radius 1 is 1.18 bits per heavy atom. The van der Waals surface area contributed by atoms with Crippen molar-refractivity contribution in [1.82, 2.24) is 9.47 Å². The standard InChI is InChI=1S/C26H32N2O5/c1-25-19(11-26(33-25)23(30)8-14(12-29)32-26)16-9-22-24-17(10-21(27(22)2)18(16)13-31-25)15-6-4-5-7-20(15)28(24)3/h4-7,14,16,18-19,21-22,29H,8-13H2,1-3H3/t14-,16+,18+,19+,21-,22-,25-,26+/m0/s1. The number of likely N-dealkylation sites (N-methyl/N-ethyl adjacent to an activating group) is 1. The van der Waals surface area contributed by atoms with E-state index in [0.29, 0.717) is 36.9 Å². The van der Waals surface area contributed by atoms with Crippen molar-refractivity contribution < 1.29 is 24.1 Å². The predicted molar refractivity (Wildman–Crippen MR) is 120 cm³/mol. The summed E-state index contributed by atoms with van der Waals surface area (Å²) >= 11 is 0. The number of aromatic nitrogens is 1. The number of ketones is 1. The van der Waals surface area contributed by atoms with Crippen LogP contribution in [-0.2, 0) is 32.5 Å². The maximum Gasteiger partial charge on any atom is 0.232 e. The largest absolute Gasteiger partial charge is 0.394 e. The van der Waals surface area contributed by atoms with E-state index in [4.69, 9.17) is 14.2 Å². The van der Waals surface area contributed by atoms with Crippen molar-refractivity contribution in [2.24, 2.45) is 24.8 Å². The lowest BCUT2D eigenvalue weighted by molar-refractivity contribution is -0.328. The zero-order valence-electron chi connectivity index (χ0n) is 19.5. The topological polar surface area (TPSA) is 73.2 Å². The SMILES string of the molecule is CN1[C@H]2C[C@@H]3[C@@H](CO[C@@]4(C)O[C@@]5(C[C@H]34)O[C@H](CO)CC5=O)[C@@H]1Cc1c2n(C)c2ccccc12. The molecule has 7 heteroatoms. The van der Waals surface area contributed by atoms with E-state index in [-0.39, 0.29) is 24.7 Å². The first-order valence-electron chi connectivity index (χ1n) is 12.3. The molecular formula is C26H32N2O5. The molecule has 2 bridgehead atoms. The summed E-state index contributed by atoms with van der Waals surface area (Å²) in [5.41, 5.74) is 4.23. The van der Waals surface area contributed by atoms with Crippen LogP contribution in [0.2, 0.25) is 0 Å². The van der Waals surface area contributed by atoms with Crippen LogP contribution in [0, 0.1) is 17.8 Å². The second-order valence-electron chi connectivity index (χ2n) is 11.0. The first-order valence-corrected chi connectivity index (χ1v) is 12.3. The first kappa shape index (κ1) is 20.6. The Morgan fingerprint density at radius 3 is 2.79 bits per heavy atom. The van der Waals surface area contributed by atoms with Crippen LogP contribution < -0.4 is 0 Å². The third kappa shape index (κ3) is 2.55. The molecule has 1 aromatic heterocycles. The zero-order valence-corrected chi connectivity index (χ0v) is 19.5. The molecule has 0 aliphatic carbocycles. The Hall–Kier alpha value is -1.77. The highest BCUT2D eigenvalue weighted by atomic mass is 16.8. The molecule has 5 aliphatic heterocycles. The number of para-hydroxylation sites is 1. The van der Waals surface area contributed by atoms with E-state index in [2.05, 4.69) is 47.8 Å². The highest BCUT2D eigenvalue weighted by Gasteiger charge is 2.67. The lowest BCUT2D eigenvalue weighted by Gasteiger charge is -2.57. The molecule has 0 amide bonds. The zero-order chi connectivity index (χ0) is 22.7. The lowest BCUT2D eigenvalue weighted by Crippen LogP contribution is -2.60. The van der Waals surface area contributed by atoms with Gasteiger partial charge in [-0.3, -0.25) is 9.69 Å². The van der Waals surface area contributed by atoms with Crippen LogP contribution in [0.1, 0.15) is 43.5 Å². The molecule has 2 aromatic rings. The van der Waals surface area contributed by atoms with Crippen LogP contribution in [0.4, 0.5) is 0 Å². The number of hydrogen-bond donors (Lipinski definition) is 1. The van der Waals surface area contributed by atoms with E-state index >= 15 is 0 Å². The maximum absolute atomic E-state index is 12.9. The van der Waals surface area contributed by atoms with E-state index in [1.165, 1.54) is 22.2 Å². The van der Waals surface area contributed by atoms with Crippen molar-refractivity contribution in [1.29, 1.82) is 0 Å². The summed E-state index contributed by atoms with van der Waals surface area (Å²) in [6.45, 7) is 2.46. The average Bonchev–Trinajstić information content (AvgIpc) is 3.38. The Kier molecular flexibility index (Phi) is 4.16. The number of fused-ring (bicyclic) bond motifs is 10. The van der Waals surface area contributed by atoms with Gasteiger partial charge in [-0.05, 0) is 44.4 Å². The molecule has 5 aliphatic rings. The quantitative estimate of drug-likeness (QED) is 0.717. The molecule has 8 atom stereocenters. The van der Waals surface area contributed by atoms with E-state index in [1.54, 1.807) is 0 Å². The number of benzene rings is 1. The molecule has 0 radical (unpaired) electrons. The van der Waals surface area contributed by atoms with Crippen LogP contribution in [0.15, 0.2) is 24.3 Å². The molecule has 1 aromatic carbocycles. The van der Waals surface area contributed by atoms with Crippen LogP contribution >= 0.6 is 0 Å². The number of aliphatic hydroxyl groups is 1. The molecule has 4 fully saturated rings. The normalized spacial score (nSPS) is 44.3. The Labute approximate surface area is 193 Å². The van der Waals surface area contributed by atoms with Crippen molar-refractivity contribution in [2.75, 3.05) is 20.3 Å². The van der Waals surface area contributed by atoms with Crippen molar-refractivity contribution in [3.8, 4) is 0 Å². The van der Waals surface area contributed by atoms with Crippen LogP contribution in [0.25, 0.3) is 10.9 Å². The van der Waals surface area contributed by atoms with Gasteiger partial charge in [-0.1, -0.05) is 18.2 Å². The molecule has 0 saturated carbocycles. The van der Waals surface area contributed by atoms with Crippen LogP contribution in [-0.4, -0.2) is 64.3 Å². The van der Waals surface area contributed by atoms with Gasteiger partial charge in [0.15, 0.2) is 11.6 Å². The number of nitrogens with zero attached hydrogens (tertiary/aromatic N) is 2. The van der Waals surface area contributed by atoms with Gasteiger partial charge >= 0.3 is 0 Å². The van der Waals surface area contributed by atoms with Gasteiger partial charge in [0.25, 0.3) is 0 Å². The minimum atomic E-state index is -1.26. The summed E-state index contributed by atoms with van der Waals surface area (Å²) in [6, 6.07) is 9.48. The van der Waals surface area contributed by atoms with E-state index in [1.807, 2.05) is 6.92 Å². The molecule has 7 rings (SSSR count). The third-order valence-corrected chi connectivity index (χ3v) is 9.55. The summed E-state index contributed by atoms with van der Waals surface area (Å²) in [4.78, 5) is 15.5. The molecule has 0 unspecified atom stereocenters. The Bertz CT molecular complexity index is 1160. The smallest absolute Gasteiger partial charge is 0.232 e. The van der Waals surface area contributed by atoms with Gasteiger partial charge < -0.3 is 23.9 Å². The number of rotatable bonds is 1. The van der Waals surface area contributed by atoms with Crippen molar-refractivity contribution >= 4 is 16.7 Å². The highest BCUT2D eigenvalue weighted by molar-refractivity contribution is 5.88. The van der Waals surface area contributed by atoms with Gasteiger partial charge in [-0.2, -0.15) is 0 Å². The van der Waals surface area contributed by atoms with Gasteiger partial charge in [0, 0.05) is 54.4 Å². The molecular weight excluding hydrogens is 420 g/mol. The van der Waals surface area contributed by atoms with Crippen LogP contribution in [0.3, 0.4) is 0 Å². The van der Waals surface area contributed by atoms with E-state index < -0.39 is 17.7 Å². The van der Waals surface area contributed by atoms with Crippen molar-refractivity contribution in [3.63, 3.8) is 0 Å². The summed E-state index contributed by atoms with van der Waals surface area (Å²) in [7, 11) is 4.46. The third-order valence-electron chi connectivity index (χ3n) is 9.55. The van der Waals surface area contributed by atoms with Gasteiger partial charge in [-0.15, -0.1) is 0 Å². The number of hydrogen-bond acceptors (Lipinski definition) is 6. The van der Waals surface area contributed by atoms with Gasteiger partial charge in [0.05, 0.1) is 25.4 Å². The fourth-order valence-corrected chi connectivity index (χ4v) is 8.00. The molecule has 1 N–H and O–H groups in total. The van der Waals surface area contributed by atoms with Crippen molar-refractivity contribution in [2.45, 2.75) is 62.4 Å².